The SMILES string of the molecule is Cc1cc(C)c(OCCC(C#N)c2ccc(C#N)cc2)c(C)c1. The van der Waals surface area contributed by atoms with Crippen LogP contribution in [0.1, 0.15) is 40.2 Å². The zero-order chi connectivity index (χ0) is 16.8. The second-order valence-corrected chi connectivity index (χ2v) is 5.78. The Hall–Kier alpha value is -2.78. The lowest BCUT2D eigenvalue weighted by Crippen LogP contribution is -2.06. The van der Waals surface area contributed by atoms with Gasteiger partial charge < -0.3 is 4.74 Å². The Balaban J connectivity index is 2.02. The van der Waals surface area contributed by atoms with Crippen LogP contribution in [0.15, 0.2) is 36.4 Å². The zero-order valence-corrected chi connectivity index (χ0v) is 13.8. The van der Waals surface area contributed by atoms with Crippen molar-refractivity contribution in [2.75, 3.05) is 6.61 Å². The first kappa shape index (κ1) is 16.6. The minimum absolute atomic E-state index is 0.228. The molecule has 116 valence electrons. The summed E-state index contributed by atoms with van der Waals surface area (Å²) in [7, 11) is 0. The molecular weight excluding hydrogens is 284 g/mol. The molecule has 0 aromatic heterocycles. The van der Waals surface area contributed by atoms with Crippen molar-refractivity contribution < 1.29 is 4.74 Å². The van der Waals surface area contributed by atoms with Gasteiger partial charge in [-0.1, -0.05) is 29.8 Å². The van der Waals surface area contributed by atoms with Crippen LogP contribution in [0.5, 0.6) is 5.75 Å². The van der Waals surface area contributed by atoms with Crippen LogP contribution in [0.4, 0.5) is 0 Å². The largest absolute Gasteiger partial charge is 0.493 e. The van der Waals surface area contributed by atoms with Crippen LogP contribution in [-0.2, 0) is 0 Å². The van der Waals surface area contributed by atoms with E-state index in [1.807, 2.05) is 26.0 Å². The molecule has 0 amide bonds. The summed E-state index contributed by atoms with van der Waals surface area (Å²) in [5.41, 5.74) is 4.99. The number of hydrogen-bond acceptors (Lipinski definition) is 3. The molecule has 0 fully saturated rings. The van der Waals surface area contributed by atoms with Gasteiger partial charge >= 0.3 is 0 Å². The van der Waals surface area contributed by atoms with Crippen molar-refractivity contribution in [1.82, 2.24) is 0 Å². The third kappa shape index (κ3) is 4.11. The van der Waals surface area contributed by atoms with Gasteiger partial charge in [-0.25, -0.2) is 0 Å². The van der Waals surface area contributed by atoms with Crippen molar-refractivity contribution in [1.29, 1.82) is 10.5 Å². The van der Waals surface area contributed by atoms with Gasteiger partial charge in [-0.2, -0.15) is 10.5 Å². The molecule has 2 rings (SSSR count). The Bertz CT molecular complexity index is 741. The molecule has 2 aromatic rings. The van der Waals surface area contributed by atoms with Crippen molar-refractivity contribution >= 4 is 0 Å². The normalized spacial score (nSPS) is 11.3. The number of ether oxygens (including phenoxy) is 1. The number of nitriles is 2. The second-order valence-electron chi connectivity index (χ2n) is 5.78. The van der Waals surface area contributed by atoms with Crippen LogP contribution in [0.3, 0.4) is 0 Å². The van der Waals surface area contributed by atoms with E-state index in [2.05, 4.69) is 31.2 Å². The molecule has 0 N–H and O–H groups in total. The quantitative estimate of drug-likeness (QED) is 0.813. The topological polar surface area (TPSA) is 56.8 Å². The van der Waals surface area contributed by atoms with Crippen LogP contribution < -0.4 is 4.74 Å². The summed E-state index contributed by atoms with van der Waals surface area (Å²) in [5, 5.41) is 18.2. The number of aryl methyl sites for hydroxylation is 3. The average Bonchev–Trinajstić information content (AvgIpc) is 2.53. The van der Waals surface area contributed by atoms with Gasteiger partial charge in [0.2, 0.25) is 0 Å². The minimum atomic E-state index is -0.228. The zero-order valence-electron chi connectivity index (χ0n) is 13.8. The van der Waals surface area contributed by atoms with Gasteiger partial charge in [0.15, 0.2) is 0 Å². The molecule has 3 nitrogen and oxygen atoms in total. The van der Waals surface area contributed by atoms with Gasteiger partial charge in [-0.05, 0) is 49.6 Å². The van der Waals surface area contributed by atoms with Crippen LogP contribution in [0.25, 0.3) is 0 Å². The van der Waals surface area contributed by atoms with Crippen molar-refractivity contribution in [3.8, 4) is 17.9 Å². The molecule has 0 bridgehead atoms. The molecule has 2 aromatic carbocycles. The number of nitrogens with zero attached hydrogens (tertiary/aromatic N) is 2. The highest BCUT2D eigenvalue weighted by atomic mass is 16.5. The molecule has 23 heavy (non-hydrogen) atoms. The molecule has 0 saturated carbocycles. The highest BCUT2D eigenvalue weighted by molar-refractivity contribution is 5.43. The van der Waals surface area contributed by atoms with E-state index in [-0.39, 0.29) is 5.92 Å². The number of hydrogen-bond donors (Lipinski definition) is 0. The summed E-state index contributed by atoms with van der Waals surface area (Å²) in [4.78, 5) is 0. The number of rotatable bonds is 5. The Morgan fingerprint density at radius 3 is 2.13 bits per heavy atom. The number of benzene rings is 2. The van der Waals surface area contributed by atoms with E-state index in [0.29, 0.717) is 18.6 Å². The first-order chi connectivity index (χ1) is 11.0. The summed E-state index contributed by atoms with van der Waals surface area (Å²) < 4.78 is 5.92. The predicted molar refractivity (Wildman–Crippen MR) is 90.3 cm³/mol. The van der Waals surface area contributed by atoms with Crippen molar-refractivity contribution in [2.45, 2.75) is 33.1 Å². The van der Waals surface area contributed by atoms with Crippen LogP contribution in [0, 0.1) is 43.4 Å². The minimum Gasteiger partial charge on any atom is -0.493 e. The summed E-state index contributed by atoms with van der Waals surface area (Å²) >= 11 is 0. The van der Waals surface area contributed by atoms with E-state index in [9.17, 15) is 5.26 Å². The maximum absolute atomic E-state index is 9.38. The van der Waals surface area contributed by atoms with E-state index >= 15 is 0 Å². The molecule has 1 atom stereocenters. The molecule has 0 aliphatic rings. The lowest BCUT2D eigenvalue weighted by atomic mass is 9.97. The highest BCUT2D eigenvalue weighted by Crippen LogP contribution is 2.26. The van der Waals surface area contributed by atoms with Gasteiger partial charge in [0, 0.05) is 6.42 Å². The molecule has 0 saturated heterocycles. The fourth-order valence-corrected chi connectivity index (χ4v) is 2.77. The van der Waals surface area contributed by atoms with E-state index < -0.39 is 0 Å². The van der Waals surface area contributed by atoms with Crippen molar-refractivity contribution in [2.24, 2.45) is 0 Å². The average molecular weight is 304 g/mol. The van der Waals surface area contributed by atoms with Gasteiger partial charge in [0.25, 0.3) is 0 Å². The van der Waals surface area contributed by atoms with E-state index in [4.69, 9.17) is 10.00 Å². The predicted octanol–water partition coefficient (Wildman–Crippen LogP) is 4.56. The van der Waals surface area contributed by atoms with E-state index in [0.717, 1.165) is 22.4 Å². The second kappa shape index (κ2) is 7.47. The fourth-order valence-electron chi connectivity index (χ4n) is 2.77. The van der Waals surface area contributed by atoms with Crippen LogP contribution >= 0.6 is 0 Å². The standard InChI is InChI=1S/C20H20N2O/c1-14-10-15(2)20(16(3)11-14)23-9-8-19(13-22)18-6-4-17(12-21)5-7-18/h4-7,10-11,19H,8-9H2,1-3H3. The monoisotopic (exact) mass is 304 g/mol. The van der Waals surface area contributed by atoms with Crippen molar-refractivity contribution in [3.05, 3.63) is 64.2 Å². The third-order valence-electron chi connectivity index (χ3n) is 3.86. The first-order valence-corrected chi connectivity index (χ1v) is 7.65. The van der Waals surface area contributed by atoms with E-state index in [1.54, 1.807) is 12.1 Å². The Labute approximate surface area is 137 Å². The van der Waals surface area contributed by atoms with Gasteiger partial charge in [0.1, 0.15) is 5.75 Å². The molecule has 1 unspecified atom stereocenters. The molecule has 0 heterocycles. The molecule has 0 spiro atoms. The van der Waals surface area contributed by atoms with Gasteiger partial charge in [-0.15, -0.1) is 0 Å². The van der Waals surface area contributed by atoms with Crippen molar-refractivity contribution in [3.63, 3.8) is 0 Å². The van der Waals surface area contributed by atoms with E-state index in [1.165, 1.54) is 5.56 Å². The maximum Gasteiger partial charge on any atom is 0.125 e. The summed E-state index contributed by atoms with van der Waals surface area (Å²) in [6.07, 6.45) is 0.620. The summed E-state index contributed by atoms with van der Waals surface area (Å²) in [6.45, 7) is 6.64. The third-order valence-corrected chi connectivity index (χ3v) is 3.86. The highest BCUT2D eigenvalue weighted by Gasteiger charge is 2.12. The first-order valence-electron chi connectivity index (χ1n) is 7.65. The molecule has 0 aliphatic carbocycles. The molecule has 0 radical (unpaired) electrons. The Morgan fingerprint density at radius 2 is 1.61 bits per heavy atom. The molecule has 0 aliphatic heterocycles. The Morgan fingerprint density at radius 1 is 1.00 bits per heavy atom. The Kier molecular flexibility index (Phi) is 5.39. The summed E-state index contributed by atoms with van der Waals surface area (Å²) in [5.74, 6) is 0.681. The fraction of sp³-hybridized carbons (Fsp3) is 0.300. The molecular formula is C20H20N2O. The van der Waals surface area contributed by atoms with Gasteiger partial charge in [-0.3, -0.25) is 0 Å². The lowest BCUT2D eigenvalue weighted by Gasteiger charge is -2.15. The van der Waals surface area contributed by atoms with Gasteiger partial charge in [0.05, 0.1) is 30.2 Å². The summed E-state index contributed by atoms with van der Waals surface area (Å²) in [6, 6.07) is 15.8. The van der Waals surface area contributed by atoms with Crippen LogP contribution in [-0.4, -0.2) is 6.61 Å². The molecule has 3 heteroatoms. The lowest BCUT2D eigenvalue weighted by molar-refractivity contribution is 0.302. The maximum atomic E-state index is 9.38. The van der Waals surface area contributed by atoms with Crippen LogP contribution in [0.2, 0.25) is 0 Å². The smallest absolute Gasteiger partial charge is 0.125 e.